The Bertz CT molecular complexity index is 437. The Hall–Kier alpha value is -2.15. The summed E-state index contributed by atoms with van der Waals surface area (Å²) < 4.78 is 18.0. The van der Waals surface area contributed by atoms with Gasteiger partial charge in [-0.15, -0.1) is 0 Å². The van der Waals surface area contributed by atoms with Gasteiger partial charge in [0, 0.05) is 0 Å². The Kier molecular flexibility index (Phi) is 5.06. The fourth-order valence-corrected chi connectivity index (χ4v) is 1.13. The minimum Gasteiger partial charge on any atom is -0.481 e. The average Bonchev–Trinajstić information content (AvgIpc) is 2.34. The second kappa shape index (κ2) is 6.55. The van der Waals surface area contributed by atoms with Crippen LogP contribution in [-0.4, -0.2) is 41.3 Å². The summed E-state index contributed by atoms with van der Waals surface area (Å²) in [6.07, 6.45) is 0. The van der Waals surface area contributed by atoms with Gasteiger partial charge in [-0.3, -0.25) is 4.79 Å². The average molecular weight is 257 g/mol. The molecule has 6 nitrogen and oxygen atoms in total. The molecule has 0 radical (unpaired) electrons. The number of halogens is 1. The Balaban J connectivity index is 2.47. The molecule has 0 bridgehead atoms. The first kappa shape index (κ1) is 13.9. The second-order valence-electron chi connectivity index (χ2n) is 3.36. The van der Waals surface area contributed by atoms with Crippen LogP contribution in [0, 0.1) is 5.82 Å². The van der Waals surface area contributed by atoms with Gasteiger partial charge in [0.05, 0.1) is 6.61 Å². The van der Waals surface area contributed by atoms with E-state index >= 15 is 0 Å². The second-order valence-corrected chi connectivity index (χ2v) is 3.36. The van der Waals surface area contributed by atoms with Crippen LogP contribution in [0.2, 0.25) is 0 Å². The molecule has 0 saturated heterocycles. The summed E-state index contributed by atoms with van der Waals surface area (Å²) >= 11 is 0. The Morgan fingerprint density at radius 1 is 1.39 bits per heavy atom. The molecule has 3 N–H and O–H groups in total. The van der Waals surface area contributed by atoms with Crippen LogP contribution in [0.3, 0.4) is 0 Å². The summed E-state index contributed by atoms with van der Waals surface area (Å²) in [6, 6.07) is 4.10. The highest BCUT2D eigenvalue weighted by atomic mass is 19.1. The van der Waals surface area contributed by atoms with Gasteiger partial charge in [0.1, 0.15) is 6.04 Å². The number of aliphatic hydroxyl groups is 1. The largest absolute Gasteiger partial charge is 0.481 e. The van der Waals surface area contributed by atoms with Crippen molar-refractivity contribution in [3.63, 3.8) is 0 Å². The van der Waals surface area contributed by atoms with E-state index in [-0.39, 0.29) is 5.75 Å². The fraction of sp³-hybridized carbons (Fsp3) is 0.273. The zero-order chi connectivity index (χ0) is 13.5. The molecule has 0 aliphatic rings. The third-order valence-corrected chi connectivity index (χ3v) is 2.01. The van der Waals surface area contributed by atoms with Gasteiger partial charge in [-0.25, -0.2) is 9.18 Å². The lowest BCUT2D eigenvalue weighted by atomic mass is 10.3. The molecular weight excluding hydrogens is 245 g/mol. The van der Waals surface area contributed by atoms with E-state index in [0.29, 0.717) is 0 Å². The summed E-state index contributed by atoms with van der Waals surface area (Å²) in [6.45, 7) is -1.27. The summed E-state index contributed by atoms with van der Waals surface area (Å²) in [5, 5.41) is 19.3. The topological polar surface area (TPSA) is 95.9 Å². The zero-order valence-electron chi connectivity index (χ0n) is 9.30. The molecule has 1 aromatic rings. The number of carboxylic acid groups (broad SMARTS) is 1. The number of nitrogens with one attached hydrogen (secondary N) is 1. The standard InChI is InChI=1S/C11H12FNO5/c12-7-3-1-2-4-9(7)18-6-10(15)13-8(5-14)11(16)17/h1-4,8,14H,5-6H2,(H,13,15)(H,16,17)/t8-/m1/s1. The summed E-state index contributed by atoms with van der Waals surface area (Å²) in [5.41, 5.74) is 0. The van der Waals surface area contributed by atoms with Gasteiger partial charge in [0.2, 0.25) is 0 Å². The fourth-order valence-electron chi connectivity index (χ4n) is 1.13. The van der Waals surface area contributed by atoms with Crippen molar-refractivity contribution in [1.82, 2.24) is 5.32 Å². The van der Waals surface area contributed by atoms with Gasteiger partial charge in [0.15, 0.2) is 18.2 Å². The molecule has 18 heavy (non-hydrogen) atoms. The van der Waals surface area contributed by atoms with Crippen LogP contribution >= 0.6 is 0 Å². The molecule has 1 atom stereocenters. The van der Waals surface area contributed by atoms with E-state index in [1.807, 2.05) is 5.32 Å². The number of rotatable bonds is 6. The Morgan fingerprint density at radius 2 is 2.06 bits per heavy atom. The number of hydrogen-bond acceptors (Lipinski definition) is 4. The van der Waals surface area contributed by atoms with Crippen LogP contribution in [0.25, 0.3) is 0 Å². The highest BCUT2D eigenvalue weighted by Gasteiger charge is 2.18. The maximum atomic E-state index is 13.1. The minimum absolute atomic E-state index is 0.108. The van der Waals surface area contributed by atoms with Crippen LogP contribution in [-0.2, 0) is 9.59 Å². The van der Waals surface area contributed by atoms with Crippen molar-refractivity contribution in [2.45, 2.75) is 6.04 Å². The van der Waals surface area contributed by atoms with Crippen molar-refractivity contribution in [3.05, 3.63) is 30.1 Å². The van der Waals surface area contributed by atoms with Crippen LogP contribution in [0.4, 0.5) is 4.39 Å². The van der Waals surface area contributed by atoms with Gasteiger partial charge in [-0.05, 0) is 12.1 Å². The molecule has 1 aromatic carbocycles. The minimum atomic E-state index is -1.40. The van der Waals surface area contributed by atoms with E-state index in [0.717, 1.165) is 0 Å². The molecule has 1 amide bonds. The maximum Gasteiger partial charge on any atom is 0.328 e. The van der Waals surface area contributed by atoms with Crippen molar-refractivity contribution in [2.75, 3.05) is 13.2 Å². The highest BCUT2D eigenvalue weighted by molar-refractivity contribution is 5.84. The molecule has 0 fully saturated rings. The van der Waals surface area contributed by atoms with E-state index < -0.39 is 36.9 Å². The van der Waals surface area contributed by atoms with Crippen molar-refractivity contribution in [3.8, 4) is 5.75 Å². The number of aliphatic hydroxyl groups excluding tert-OH is 1. The first-order chi connectivity index (χ1) is 8.54. The lowest BCUT2D eigenvalue weighted by Gasteiger charge is -2.12. The molecule has 0 aliphatic heterocycles. The van der Waals surface area contributed by atoms with E-state index in [2.05, 4.69) is 0 Å². The number of ether oxygens (including phenoxy) is 1. The van der Waals surface area contributed by atoms with Crippen molar-refractivity contribution in [2.24, 2.45) is 0 Å². The molecule has 0 heterocycles. The summed E-state index contributed by atoms with van der Waals surface area (Å²) in [7, 11) is 0. The SMILES string of the molecule is O=C(COc1ccccc1F)N[C@H](CO)C(=O)O. The molecule has 1 rings (SSSR count). The highest BCUT2D eigenvalue weighted by Crippen LogP contribution is 2.14. The Labute approximate surface area is 102 Å². The van der Waals surface area contributed by atoms with Gasteiger partial charge in [-0.1, -0.05) is 12.1 Å². The number of benzene rings is 1. The molecular formula is C11H12FNO5. The van der Waals surface area contributed by atoms with E-state index in [9.17, 15) is 14.0 Å². The van der Waals surface area contributed by atoms with E-state index in [1.165, 1.54) is 24.3 Å². The van der Waals surface area contributed by atoms with Crippen molar-refractivity contribution >= 4 is 11.9 Å². The third kappa shape index (κ3) is 4.02. The number of carbonyl (C=O) groups excluding carboxylic acids is 1. The Morgan fingerprint density at radius 3 is 2.61 bits per heavy atom. The predicted molar refractivity (Wildman–Crippen MR) is 58.5 cm³/mol. The molecule has 0 spiro atoms. The molecule has 98 valence electrons. The summed E-state index contributed by atoms with van der Waals surface area (Å²) in [5.74, 6) is -2.86. The first-order valence-corrected chi connectivity index (χ1v) is 5.05. The first-order valence-electron chi connectivity index (χ1n) is 5.05. The van der Waals surface area contributed by atoms with Gasteiger partial charge in [0.25, 0.3) is 5.91 Å². The number of aliphatic carboxylic acids is 1. The predicted octanol–water partition coefficient (Wildman–Crippen LogP) is -0.234. The molecule has 7 heteroatoms. The van der Waals surface area contributed by atoms with Gasteiger partial charge >= 0.3 is 5.97 Å². The zero-order valence-corrected chi connectivity index (χ0v) is 9.30. The van der Waals surface area contributed by atoms with Crippen LogP contribution < -0.4 is 10.1 Å². The summed E-state index contributed by atoms with van der Waals surface area (Å²) in [4.78, 5) is 21.8. The molecule has 0 saturated carbocycles. The van der Waals surface area contributed by atoms with Crippen LogP contribution in [0.1, 0.15) is 0 Å². The third-order valence-electron chi connectivity index (χ3n) is 2.01. The van der Waals surface area contributed by atoms with Crippen molar-refractivity contribution in [1.29, 1.82) is 0 Å². The number of hydrogen-bond donors (Lipinski definition) is 3. The maximum absolute atomic E-state index is 13.1. The van der Waals surface area contributed by atoms with Crippen molar-refractivity contribution < 1.29 is 28.9 Å². The number of carbonyl (C=O) groups is 2. The molecule has 0 aromatic heterocycles. The number of amides is 1. The quantitative estimate of drug-likeness (QED) is 0.654. The van der Waals surface area contributed by atoms with Crippen LogP contribution in [0.5, 0.6) is 5.75 Å². The van der Waals surface area contributed by atoms with Gasteiger partial charge < -0.3 is 20.3 Å². The monoisotopic (exact) mass is 257 g/mol. The van der Waals surface area contributed by atoms with E-state index in [4.69, 9.17) is 14.9 Å². The lowest BCUT2D eigenvalue weighted by molar-refractivity contribution is -0.143. The number of para-hydroxylation sites is 1. The normalized spacial score (nSPS) is 11.7. The number of carboxylic acids is 1. The molecule has 0 aliphatic carbocycles. The smallest absolute Gasteiger partial charge is 0.328 e. The molecule has 0 unspecified atom stereocenters. The van der Waals surface area contributed by atoms with Crippen LogP contribution in [0.15, 0.2) is 24.3 Å². The van der Waals surface area contributed by atoms with E-state index in [1.54, 1.807) is 0 Å². The van der Waals surface area contributed by atoms with Gasteiger partial charge in [-0.2, -0.15) is 0 Å². The lowest BCUT2D eigenvalue weighted by Crippen LogP contribution is -2.45.